The van der Waals surface area contributed by atoms with Crippen molar-refractivity contribution in [2.24, 2.45) is 5.41 Å². The molecule has 1 aliphatic rings. The molecular weight excluding hydrogens is 337 g/mol. The van der Waals surface area contributed by atoms with Crippen molar-refractivity contribution in [1.29, 1.82) is 0 Å². The van der Waals surface area contributed by atoms with Crippen LogP contribution in [0.5, 0.6) is 0 Å². The second kappa shape index (κ2) is 9.27. The number of rotatable bonds is 7. The SMILES string of the molecule is CC1(CN(CCc2ccccn2)Cc2ccc(F)cc2)CCNC1.Cl. The summed E-state index contributed by atoms with van der Waals surface area (Å²) in [5.74, 6) is -0.175. The van der Waals surface area contributed by atoms with Gasteiger partial charge in [-0.2, -0.15) is 0 Å². The number of halogens is 2. The minimum atomic E-state index is -0.175. The second-order valence-corrected chi connectivity index (χ2v) is 7.15. The van der Waals surface area contributed by atoms with E-state index in [2.05, 4.69) is 28.2 Å². The third-order valence-electron chi connectivity index (χ3n) is 4.79. The van der Waals surface area contributed by atoms with Gasteiger partial charge in [0.05, 0.1) is 0 Å². The van der Waals surface area contributed by atoms with Crippen molar-refractivity contribution >= 4 is 12.4 Å². The molecule has 2 aromatic rings. The highest BCUT2D eigenvalue weighted by Gasteiger charge is 2.30. The summed E-state index contributed by atoms with van der Waals surface area (Å²) in [6.07, 6.45) is 3.99. The quantitative estimate of drug-likeness (QED) is 0.813. The number of benzene rings is 1. The molecular formula is C20H27ClFN3. The maximum atomic E-state index is 13.2. The van der Waals surface area contributed by atoms with Crippen molar-refractivity contribution < 1.29 is 4.39 Å². The zero-order chi connectivity index (χ0) is 16.8. The Morgan fingerprint density at radius 1 is 1.20 bits per heavy atom. The van der Waals surface area contributed by atoms with Crippen LogP contribution in [-0.4, -0.2) is 36.1 Å². The largest absolute Gasteiger partial charge is 0.316 e. The van der Waals surface area contributed by atoms with Gasteiger partial charge in [-0.15, -0.1) is 12.4 Å². The first-order chi connectivity index (χ1) is 11.6. The smallest absolute Gasteiger partial charge is 0.123 e. The van der Waals surface area contributed by atoms with Gasteiger partial charge in [0.1, 0.15) is 5.82 Å². The Kier molecular flexibility index (Phi) is 7.36. The van der Waals surface area contributed by atoms with E-state index >= 15 is 0 Å². The highest BCUT2D eigenvalue weighted by Crippen LogP contribution is 2.26. The lowest BCUT2D eigenvalue weighted by molar-refractivity contribution is 0.172. The number of hydrogen-bond donors (Lipinski definition) is 1. The van der Waals surface area contributed by atoms with Crippen LogP contribution in [-0.2, 0) is 13.0 Å². The number of nitrogens with zero attached hydrogens (tertiary/aromatic N) is 2. The lowest BCUT2D eigenvalue weighted by Crippen LogP contribution is -2.38. The molecule has 0 radical (unpaired) electrons. The first-order valence-corrected chi connectivity index (χ1v) is 8.70. The zero-order valence-electron chi connectivity index (χ0n) is 14.7. The second-order valence-electron chi connectivity index (χ2n) is 7.15. The van der Waals surface area contributed by atoms with Crippen LogP contribution < -0.4 is 5.32 Å². The standard InChI is InChI=1S/C20H26FN3.ClH/c1-20(10-12-22-15-20)16-24(13-9-19-4-2-3-11-23-19)14-17-5-7-18(21)8-6-17;/h2-8,11,22H,9-10,12-16H2,1H3;1H. The van der Waals surface area contributed by atoms with Gasteiger partial charge in [-0.25, -0.2) is 4.39 Å². The minimum absolute atomic E-state index is 0. The van der Waals surface area contributed by atoms with E-state index in [-0.39, 0.29) is 18.2 Å². The van der Waals surface area contributed by atoms with Gasteiger partial charge >= 0.3 is 0 Å². The molecule has 0 bridgehead atoms. The Morgan fingerprint density at radius 3 is 2.64 bits per heavy atom. The van der Waals surface area contributed by atoms with E-state index in [1.54, 1.807) is 12.1 Å². The van der Waals surface area contributed by atoms with E-state index in [4.69, 9.17) is 0 Å². The van der Waals surface area contributed by atoms with Crippen molar-refractivity contribution in [3.63, 3.8) is 0 Å². The summed E-state index contributed by atoms with van der Waals surface area (Å²) in [4.78, 5) is 6.91. The molecule has 1 saturated heterocycles. The van der Waals surface area contributed by atoms with Crippen LogP contribution >= 0.6 is 12.4 Å². The molecule has 1 unspecified atom stereocenters. The molecule has 5 heteroatoms. The first kappa shape index (κ1) is 19.8. The molecule has 3 nitrogen and oxygen atoms in total. The maximum absolute atomic E-state index is 13.2. The minimum Gasteiger partial charge on any atom is -0.316 e. The Hall–Kier alpha value is -1.49. The Morgan fingerprint density at radius 2 is 2.00 bits per heavy atom. The van der Waals surface area contributed by atoms with Gasteiger partial charge in [-0.3, -0.25) is 9.88 Å². The molecule has 1 atom stereocenters. The van der Waals surface area contributed by atoms with Gasteiger partial charge in [0.25, 0.3) is 0 Å². The molecule has 0 spiro atoms. The van der Waals surface area contributed by atoms with Gasteiger partial charge < -0.3 is 5.32 Å². The summed E-state index contributed by atoms with van der Waals surface area (Å²) in [5.41, 5.74) is 2.59. The fraction of sp³-hybridized carbons (Fsp3) is 0.450. The number of pyridine rings is 1. The van der Waals surface area contributed by atoms with Gasteiger partial charge in [-0.05, 0) is 48.2 Å². The van der Waals surface area contributed by atoms with E-state index in [0.29, 0.717) is 5.41 Å². The van der Waals surface area contributed by atoms with E-state index < -0.39 is 0 Å². The molecule has 0 amide bonds. The van der Waals surface area contributed by atoms with Crippen LogP contribution in [0.2, 0.25) is 0 Å². The third-order valence-corrected chi connectivity index (χ3v) is 4.79. The van der Waals surface area contributed by atoms with Crippen LogP contribution in [0, 0.1) is 11.2 Å². The van der Waals surface area contributed by atoms with E-state index in [9.17, 15) is 4.39 Å². The Balaban J connectivity index is 0.00000225. The fourth-order valence-corrected chi connectivity index (χ4v) is 3.42. The van der Waals surface area contributed by atoms with Crippen molar-refractivity contribution in [2.75, 3.05) is 26.2 Å². The summed E-state index contributed by atoms with van der Waals surface area (Å²) in [5, 5.41) is 3.47. The predicted molar refractivity (Wildman–Crippen MR) is 102 cm³/mol. The molecule has 136 valence electrons. The fourth-order valence-electron chi connectivity index (χ4n) is 3.42. The van der Waals surface area contributed by atoms with Crippen LogP contribution in [0.4, 0.5) is 4.39 Å². The van der Waals surface area contributed by atoms with Gasteiger partial charge in [0.15, 0.2) is 0 Å². The number of aromatic nitrogens is 1. The molecule has 2 heterocycles. The lowest BCUT2D eigenvalue weighted by atomic mass is 9.89. The Bertz CT molecular complexity index is 627. The average molecular weight is 364 g/mol. The molecule has 0 saturated carbocycles. The first-order valence-electron chi connectivity index (χ1n) is 8.70. The molecule has 25 heavy (non-hydrogen) atoms. The van der Waals surface area contributed by atoms with E-state index in [1.165, 1.54) is 6.42 Å². The topological polar surface area (TPSA) is 28.2 Å². The van der Waals surface area contributed by atoms with Gasteiger partial charge in [0, 0.05) is 44.5 Å². The van der Waals surface area contributed by atoms with Crippen LogP contribution in [0.3, 0.4) is 0 Å². The third kappa shape index (κ3) is 6.07. The molecule has 3 rings (SSSR count). The van der Waals surface area contributed by atoms with E-state index in [0.717, 1.165) is 50.4 Å². The summed E-state index contributed by atoms with van der Waals surface area (Å²) in [7, 11) is 0. The zero-order valence-corrected chi connectivity index (χ0v) is 15.6. The normalized spacial score (nSPS) is 19.8. The lowest BCUT2D eigenvalue weighted by Gasteiger charge is -2.32. The van der Waals surface area contributed by atoms with E-state index in [1.807, 2.05) is 30.5 Å². The molecule has 1 N–H and O–H groups in total. The highest BCUT2D eigenvalue weighted by atomic mass is 35.5. The molecule has 1 aromatic carbocycles. The number of hydrogen-bond acceptors (Lipinski definition) is 3. The summed E-state index contributed by atoms with van der Waals surface area (Å²) in [6, 6.07) is 12.9. The van der Waals surface area contributed by atoms with Gasteiger partial charge in [0.2, 0.25) is 0 Å². The van der Waals surface area contributed by atoms with Crippen LogP contribution in [0.25, 0.3) is 0 Å². The maximum Gasteiger partial charge on any atom is 0.123 e. The van der Waals surface area contributed by atoms with Crippen LogP contribution in [0.1, 0.15) is 24.6 Å². The van der Waals surface area contributed by atoms with Crippen molar-refractivity contribution in [1.82, 2.24) is 15.2 Å². The highest BCUT2D eigenvalue weighted by molar-refractivity contribution is 5.85. The predicted octanol–water partition coefficient (Wildman–Crippen LogP) is 3.69. The van der Waals surface area contributed by atoms with Crippen molar-refractivity contribution in [2.45, 2.75) is 26.3 Å². The molecule has 1 aliphatic heterocycles. The monoisotopic (exact) mass is 363 g/mol. The average Bonchev–Trinajstić information content (AvgIpc) is 3.02. The summed E-state index contributed by atoms with van der Waals surface area (Å²) >= 11 is 0. The molecule has 1 fully saturated rings. The van der Waals surface area contributed by atoms with Gasteiger partial charge in [-0.1, -0.05) is 25.1 Å². The summed E-state index contributed by atoms with van der Waals surface area (Å²) < 4.78 is 13.2. The van der Waals surface area contributed by atoms with Crippen molar-refractivity contribution in [3.05, 3.63) is 65.7 Å². The summed E-state index contributed by atoms with van der Waals surface area (Å²) in [6.45, 7) is 7.37. The number of nitrogens with one attached hydrogen (secondary N) is 1. The molecule has 1 aromatic heterocycles. The van der Waals surface area contributed by atoms with Crippen molar-refractivity contribution in [3.8, 4) is 0 Å². The molecule has 0 aliphatic carbocycles. The van der Waals surface area contributed by atoms with Crippen LogP contribution in [0.15, 0.2) is 48.7 Å². The Labute approximate surface area is 156 Å².